The number of aliphatic hydroxyl groups is 2. The molecule has 3 unspecified atom stereocenters. The number of ether oxygens (including phenoxy) is 1. The summed E-state index contributed by atoms with van der Waals surface area (Å²) in [5.74, 6) is 0.674. The summed E-state index contributed by atoms with van der Waals surface area (Å²) in [7, 11) is 0. The molecule has 0 bridgehead atoms. The minimum absolute atomic E-state index is 0.155. The Bertz CT molecular complexity index is 724. The van der Waals surface area contributed by atoms with Gasteiger partial charge in [0.05, 0.1) is 23.6 Å². The van der Waals surface area contributed by atoms with Gasteiger partial charge in [-0.1, -0.05) is 13.3 Å². The fourth-order valence-electron chi connectivity index (χ4n) is 2.96. The van der Waals surface area contributed by atoms with Crippen molar-refractivity contribution >= 4 is 16.7 Å². The fourth-order valence-corrected chi connectivity index (χ4v) is 2.96. The molecule has 1 saturated heterocycles. The quantitative estimate of drug-likeness (QED) is 0.599. The van der Waals surface area contributed by atoms with Crippen molar-refractivity contribution in [2.24, 2.45) is 0 Å². The van der Waals surface area contributed by atoms with Gasteiger partial charge in [0.1, 0.15) is 18.1 Å². The van der Waals surface area contributed by atoms with Gasteiger partial charge < -0.3 is 29.8 Å². The number of aromatic amines is 1. The van der Waals surface area contributed by atoms with Gasteiger partial charge in [-0.3, -0.25) is 4.79 Å². The molecule has 0 saturated carbocycles. The maximum Gasteiger partial charge on any atom is 0.258 e. The molecular formula is C16H23N3O4. The lowest BCUT2D eigenvalue weighted by molar-refractivity contribution is -0.0428. The van der Waals surface area contributed by atoms with Crippen molar-refractivity contribution in [3.05, 3.63) is 28.7 Å². The molecule has 23 heavy (non-hydrogen) atoms. The highest BCUT2D eigenvalue weighted by Gasteiger charge is 2.34. The van der Waals surface area contributed by atoms with E-state index in [1.54, 1.807) is 12.3 Å². The summed E-state index contributed by atoms with van der Waals surface area (Å²) in [4.78, 5) is 15.0. The van der Waals surface area contributed by atoms with E-state index in [1.165, 1.54) is 0 Å². The number of anilines is 1. The van der Waals surface area contributed by atoms with E-state index < -0.39 is 12.2 Å². The zero-order valence-corrected chi connectivity index (χ0v) is 13.2. The Kier molecular flexibility index (Phi) is 4.70. The molecule has 4 N–H and O–H groups in total. The second kappa shape index (κ2) is 6.74. The van der Waals surface area contributed by atoms with Gasteiger partial charge in [-0.15, -0.1) is 0 Å². The first-order chi connectivity index (χ1) is 11.1. The summed E-state index contributed by atoms with van der Waals surface area (Å²) in [5, 5.41) is 22.9. The van der Waals surface area contributed by atoms with Crippen molar-refractivity contribution < 1.29 is 14.9 Å². The van der Waals surface area contributed by atoms with Crippen LogP contribution in [0.2, 0.25) is 0 Å². The molecule has 0 radical (unpaired) electrons. The summed E-state index contributed by atoms with van der Waals surface area (Å²) in [6.07, 6.45) is 2.61. The van der Waals surface area contributed by atoms with Crippen molar-refractivity contribution in [2.75, 3.05) is 18.5 Å². The number of aromatic nitrogens is 2. The highest BCUT2D eigenvalue weighted by atomic mass is 16.5. The van der Waals surface area contributed by atoms with E-state index in [1.807, 2.05) is 10.6 Å². The van der Waals surface area contributed by atoms with Gasteiger partial charge in [-0.25, -0.2) is 0 Å². The molecule has 3 rings (SSSR count). The van der Waals surface area contributed by atoms with Gasteiger partial charge in [0.15, 0.2) is 0 Å². The van der Waals surface area contributed by atoms with Crippen LogP contribution in [0.3, 0.4) is 0 Å². The van der Waals surface area contributed by atoms with Crippen LogP contribution in [0.5, 0.6) is 0 Å². The van der Waals surface area contributed by atoms with Crippen molar-refractivity contribution in [1.82, 2.24) is 9.55 Å². The van der Waals surface area contributed by atoms with Gasteiger partial charge in [0.25, 0.3) is 5.56 Å². The van der Waals surface area contributed by atoms with Crippen LogP contribution < -0.4 is 10.9 Å². The Labute approximate surface area is 133 Å². The van der Waals surface area contributed by atoms with Gasteiger partial charge in [0.2, 0.25) is 0 Å². The molecule has 7 heteroatoms. The third-order valence-electron chi connectivity index (χ3n) is 4.27. The Morgan fingerprint density at radius 3 is 3.04 bits per heavy atom. The molecule has 0 aromatic carbocycles. The summed E-state index contributed by atoms with van der Waals surface area (Å²) in [6.45, 7) is 2.68. The van der Waals surface area contributed by atoms with E-state index in [-0.39, 0.29) is 18.4 Å². The number of unbranched alkanes of at least 4 members (excludes halogenated alkanes) is 1. The second-order valence-corrected chi connectivity index (χ2v) is 5.93. The van der Waals surface area contributed by atoms with Crippen molar-refractivity contribution in [1.29, 1.82) is 0 Å². The number of nitrogens with zero attached hydrogens (tertiary/aromatic N) is 1. The number of rotatable bonds is 6. The molecule has 1 aliphatic heterocycles. The molecule has 3 heterocycles. The van der Waals surface area contributed by atoms with Crippen LogP contribution in [0.25, 0.3) is 10.9 Å². The number of hydrogen-bond acceptors (Lipinski definition) is 5. The van der Waals surface area contributed by atoms with E-state index in [0.29, 0.717) is 17.6 Å². The van der Waals surface area contributed by atoms with E-state index in [2.05, 4.69) is 17.2 Å². The van der Waals surface area contributed by atoms with Crippen molar-refractivity contribution in [2.45, 2.75) is 44.6 Å². The van der Waals surface area contributed by atoms with Crippen molar-refractivity contribution in [3.63, 3.8) is 0 Å². The van der Waals surface area contributed by atoms with Crippen LogP contribution in [0.4, 0.5) is 5.82 Å². The average Bonchev–Trinajstić information content (AvgIpc) is 3.11. The lowest BCUT2D eigenvalue weighted by atomic mass is 10.2. The molecule has 1 fully saturated rings. The first-order valence-electron chi connectivity index (χ1n) is 8.06. The molecule has 2 aromatic rings. The summed E-state index contributed by atoms with van der Waals surface area (Å²) in [6, 6.07) is 3.63. The minimum atomic E-state index is -0.702. The van der Waals surface area contributed by atoms with Crippen molar-refractivity contribution in [3.8, 4) is 0 Å². The predicted molar refractivity (Wildman–Crippen MR) is 87.6 cm³/mol. The van der Waals surface area contributed by atoms with E-state index >= 15 is 0 Å². The highest BCUT2D eigenvalue weighted by Crippen LogP contribution is 2.31. The minimum Gasteiger partial charge on any atom is -0.394 e. The van der Waals surface area contributed by atoms with E-state index in [4.69, 9.17) is 4.74 Å². The first-order valence-corrected chi connectivity index (χ1v) is 8.06. The number of H-pyrrole nitrogens is 1. The summed E-state index contributed by atoms with van der Waals surface area (Å²) < 4.78 is 7.53. The van der Waals surface area contributed by atoms with Crippen LogP contribution in [0.1, 0.15) is 32.4 Å². The third kappa shape index (κ3) is 3.12. The topological polar surface area (TPSA) is 99.5 Å². The number of pyridine rings is 1. The molecule has 7 nitrogen and oxygen atoms in total. The maximum absolute atomic E-state index is 12.2. The molecule has 0 aliphatic carbocycles. The van der Waals surface area contributed by atoms with Gasteiger partial charge in [-0.2, -0.15) is 0 Å². The molecule has 3 atom stereocenters. The maximum atomic E-state index is 12.2. The Hall–Kier alpha value is -1.83. The zero-order chi connectivity index (χ0) is 16.4. The molecule has 0 amide bonds. The number of nitrogens with one attached hydrogen (secondary N) is 2. The lowest BCUT2D eigenvalue weighted by Crippen LogP contribution is -2.24. The molecule has 1 aliphatic rings. The standard InChI is InChI=1S/C16H23N3O4/c1-2-3-5-17-14-7-11-10(16(22)18-14)4-6-19(11)15-8-12(21)13(9-20)23-15/h4,6-7,12-13,15,20-21H,2-3,5,8-9H2,1H3,(H2,17,18,22). The summed E-state index contributed by atoms with van der Waals surface area (Å²) in [5.41, 5.74) is 0.598. The van der Waals surface area contributed by atoms with E-state index in [0.717, 1.165) is 24.9 Å². The Balaban J connectivity index is 1.91. The average molecular weight is 321 g/mol. The lowest BCUT2D eigenvalue weighted by Gasteiger charge is -2.15. The SMILES string of the molecule is CCCCNc1cc2c(ccn2C2CC(O)C(CO)O2)c(=O)[nH]1. The molecule has 2 aromatic heterocycles. The fraction of sp³-hybridized carbons (Fsp3) is 0.562. The summed E-state index contributed by atoms with van der Waals surface area (Å²) >= 11 is 0. The van der Waals surface area contributed by atoms with Crippen LogP contribution in [0.15, 0.2) is 23.1 Å². The van der Waals surface area contributed by atoms with Gasteiger partial charge in [0, 0.05) is 25.2 Å². The van der Waals surface area contributed by atoms with E-state index in [9.17, 15) is 15.0 Å². The Morgan fingerprint density at radius 1 is 1.52 bits per heavy atom. The van der Waals surface area contributed by atoms with Gasteiger partial charge in [-0.05, 0) is 12.5 Å². The molecular weight excluding hydrogens is 298 g/mol. The number of aliphatic hydroxyl groups excluding tert-OH is 2. The molecule has 126 valence electrons. The van der Waals surface area contributed by atoms with Crippen LogP contribution in [-0.2, 0) is 4.74 Å². The second-order valence-electron chi connectivity index (χ2n) is 5.93. The normalized spacial score (nSPS) is 24.4. The highest BCUT2D eigenvalue weighted by molar-refractivity contribution is 5.81. The number of hydrogen-bond donors (Lipinski definition) is 4. The van der Waals surface area contributed by atoms with Gasteiger partial charge >= 0.3 is 0 Å². The molecule has 0 spiro atoms. The predicted octanol–water partition coefficient (Wildman–Crippen LogP) is 1.18. The Morgan fingerprint density at radius 2 is 2.35 bits per heavy atom. The zero-order valence-electron chi connectivity index (χ0n) is 13.2. The van der Waals surface area contributed by atoms with Crippen LogP contribution >= 0.6 is 0 Å². The smallest absolute Gasteiger partial charge is 0.258 e. The van der Waals surface area contributed by atoms with Crippen LogP contribution in [-0.4, -0.2) is 45.1 Å². The first kappa shape index (κ1) is 16.0. The third-order valence-corrected chi connectivity index (χ3v) is 4.27. The number of fused-ring (bicyclic) bond motifs is 1. The monoisotopic (exact) mass is 321 g/mol. The van der Waals surface area contributed by atoms with Crippen LogP contribution in [0, 0.1) is 0 Å². The largest absolute Gasteiger partial charge is 0.394 e.